The third-order valence-electron chi connectivity index (χ3n) is 3.37. The number of rotatable bonds is 3. The maximum absolute atomic E-state index is 12.2. The topological polar surface area (TPSA) is 29.5 Å². The van der Waals surface area contributed by atoms with Crippen molar-refractivity contribution in [3.05, 3.63) is 44.3 Å². The van der Waals surface area contributed by atoms with Gasteiger partial charge >= 0.3 is 0 Å². The van der Waals surface area contributed by atoms with Crippen LogP contribution in [0, 0.1) is 0 Å². The predicted molar refractivity (Wildman–Crippen MR) is 77.8 cm³/mol. The lowest BCUT2D eigenvalue weighted by Crippen LogP contribution is -2.41. The summed E-state index contributed by atoms with van der Waals surface area (Å²) in [5.41, 5.74) is 1.28. The van der Waals surface area contributed by atoms with Crippen molar-refractivity contribution in [3.8, 4) is 0 Å². The Balaban J connectivity index is 1.99. The highest BCUT2D eigenvalue weighted by Gasteiger charge is 2.33. The van der Waals surface area contributed by atoms with Crippen LogP contribution in [-0.4, -0.2) is 31.1 Å². The quantitative estimate of drug-likeness (QED) is 0.871. The van der Waals surface area contributed by atoms with Gasteiger partial charge in [0.2, 0.25) is 5.91 Å². The molecule has 3 nitrogen and oxygen atoms in total. The average Bonchev–Trinajstić information content (AvgIpc) is 3.08. The fourth-order valence-electron chi connectivity index (χ4n) is 2.55. The van der Waals surface area contributed by atoms with E-state index in [0.717, 1.165) is 13.0 Å². The number of amides is 1. The van der Waals surface area contributed by atoms with Gasteiger partial charge in [0, 0.05) is 23.4 Å². The Kier molecular flexibility index (Phi) is 3.68. The fourth-order valence-corrected chi connectivity index (χ4v) is 4.30. The van der Waals surface area contributed by atoms with Crippen LogP contribution in [0.2, 0.25) is 0 Å². The van der Waals surface area contributed by atoms with E-state index in [2.05, 4.69) is 22.9 Å². The maximum atomic E-state index is 12.2. The number of carbonyl (C=O) groups excluding carboxylic acids is 1. The molecule has 0 aliphatic carbocycles. The van der Waals surface area contributed by atoms with Gasteiger partial charge < -0.3 is 9.64 Å². The molecule has 19 heavy (non-hydrogen) atoms. The Hall–Kier alpha value is -1.17. The first-order chi connectivity index (χ1) is 9.31. The van der Waals surface area contributed by atoms with Crippen LogP contribution in [0.3, 0.4) is 0 Å². The molecule has 0 spiro atoms. The monoisotopic (exact) mass is 293 g/mol. The average molecular weight is 293 g/mol. The molecule has 5 heteroatoms. The highest BCUT2D eigenvalue weighted by molar-refractivity contribution is 7.10. The number of hydrogen-bond donors (Lipinski definition) is 0. The number of carbonyl (C=O) groups is 1. The van der Waals surface area contributed by atoms with E-state index in [1.165, 1.54) is 15.3 Å². The summed E-state index contributed by atoms with van der Waals surface area (Å²) in [5.74, 6) is 0.0674. The van der Waals surface area contributed by atoms with Crippen molar-refractivity contribution in [2.24, 2.45) is 0 Å². The molecule has 1 atom stereocenters. The Morgan fingerprint density at radius 3 is 3.05 bits per heavy atom. The molecule has 3 heterocycles. The van der Waals surface area contributed by atoms with E-state index in [1.54, 1.807) is 29.8 Å². The van der Waals surface area contributed by atoms with Gasteiger partial charge in [0.1, 0.15) is 6.61 Å². The van der Waals surface area contributed by atoms with Gasteiger partial charge in [-0.1, -0.05) is 6.07 Å². The molecule has 0 bridgehead atoms. The molecule has 0 radical (unpaired) electrons. The van der Waals surface area contributed by atoms with E-state index in [4.69, 9.17) is 4.74 Å². The van der Waals surface area contributed by atoms with Gasteiger partial charge in [-0.3, -0.25) is 4.79 Å². The summed E-state index contributed by atoms with van der Waals surface area (Å²) in [6, 6.07) is 6.36. The summed E-state index contributed by atoms with van der Waals surface area (Å²) < 4.78 is 5.01. The lowest BCUT2D eigenvalue weighted by Gasteiger charge is -2.35. The first kappa shape index (κ1) is 12.8. The lowest BCUT2D eigenvalue weighted by molar-refractivity contribution is -0.137. The smallest absolute Gasteiger partial charge is 0.249 e. The van der Waals surface area contributed by atoms with Gasteiger partial charge in [-0.25, -0.2) is 0 Å². The first-order valence-corrected chi connectivity index (χ1v) is 7.95. The predicted octanol–water partition coefficient (Wildman–Crippen LogP) is 2.93. The number of ether oxygens (including phenoxy) is 1. The molecule has 0 saturated carbocycles. The second-order valence-corrected chi connectivity index (χ2v) is 6.47. The van der Waals surface area contributed by atoms with Crippen molar-refractivity contribution in [1.82, 2.24) is 4.90 Å². The Morgan fingerprint density at radius 1 is 1.42 bits per heavy atom. The normalized spacial score (nSPS) is 18.4. The molecule has 2 aromatic rings. The van der Waals surface area contributed by atoms with Crippen LogP contribution in [0.5, 0.6) is 0 Å². The highest BCUT2D eigenvalue weighted by Crippen LogP contribution is 2.39. The molecule has 100 valence electrons. The van der Waals surface area contributed by atoms with Crippen molar-refractivity contribution in [2.75, 3.05) is 20.3 Å². The highest BCUT2D eigenvalue weighted by atomic mass is 32.1. The lowest BCUT2D eigenvalue weighted by atomic mass is 9.98. The number of nitrogens with zero attached hydrogens (tertiary/aromatic N) is 1. The molecule has 2 aromatic heterocycles. The second-order valence-electron chi connectivity index (χ2n) is 4.49. The largest absolute Gasteiger partial charge is 0.375 e. The van der Waals surface area contributed by atoms with Crippen LogP contribution < -0.4 is 0 Å². The molecule has 0 saturated heterocycles. The molecule has 1 unspecified atom stereocenters. The van der Waals surface area contributed by atoms with E-state index < -0.39 is 0 Å². The SMILES string of the molecule is COCC(=O)N1CCc2sccc2C1c1cccs1. The number of methoxy groups -OCH3 is 1. The Bertz CT molecular complexity index is 562. The third-order valence-corrected chi connectivity index (χ3v) is 5.29. The fraction of sp³-hybridized carbons (Fsp3) is 0.357. The zero-order valence-electron chi connectivity index (χ0n) is 10.7. The number of fused-ring (bicyclic) bond motifs is 1. The van der Waals surface area contributed by atoms with Gasteiger partial charge in [0.05, 0.1) is 6.04 Å². The van der Waals surface area contributed by atoms with E-state index >= 15 is 0 Å². The van der Waals surface area contributed by atoms with E-state index in [-0.39, 0.29) is 18.6 Å². The molecule has 0 N–H and O–H groups in total. The first-order valence-electron chi connectivity index (χ1n) is 6.19. The molecule has 1 aliphatic heterocycles. The van der Waals surface area contributed by atoms with E-state index in [9.17, 15) is 4.79 Å². The van der Waals surface area contributed by atoms with E-state index in [1.807, 2.05) is 11.0 Å². The summed E-state index contributed by atoms with van der Waals surface area (Å²) in [7, 11) is 1.57. The summed E-state index contributed by atoms with van der Waals surface area (Å²) in [4.78, 5) is 16.8. The van der Waals surface area contributed by atoms with Crippen LogP contribution in [0.25, 0.3) is 0 Å². The number of thiophene rings is 2. The standard InChI is InChI=1S/C14H15NO2S2/c1-17-9-13(16)15-6-4-11-10(5-8-19-11)14(15)12-3-2-7-18-12/h2-3,5,7-8,14H,4,6,9H2,1H3. The second kappa shape index (κ2) is 5.45. The van der Waals surface area contributed by atoms with E-state index in [0.29, 0.717) is 0 Å². The molecule has 0 aromatic carbocycles. The Morgan fingerprint density at radius 2 is 2.32 bits per heavy atom. The summed E-state index contributed by atoms with van der Waals surface area (Å²) in [5, 5.41) is 4.19. The van der Waals surface area contributed by atoms with Crippen LogP contribution >= 0.6 is 22.7 Å². The number of hydrogen-bond acceptors (Lipinski definition) is 4. The molecule has 0 fully saturated rings. The van der Waals surface area contributed by atoms with Gasteiger partial charge in [0.25, 0.3) is 0 Å². The van der Waals surface area contributed by atoms with Gasteiger partial charge in [-0.15, -0.1) is 22.7 Å². The minimum atomic E-state index is 0.0673. The Labute approximate surface area is 120 Å². The van der Waals surface area contributed by atoms with Crippen molar-refractivity contribution < 1.29 is 9.53 Å². The molecule has 1 aliphatic rings. The summed E-state index contributed by atoms with van der Waals surface area (Å²) in [6.45, 7) is 0.930. The van der Waals surface area contributed by atoms with Crippen LogP contribution in [0.1, 0.15) is 21.4 Å². The maximum Gasteiger partial charge on any atom is 0.249 e. The molecular formula is C14H15NO2S2. The molecular weight excluding hydrogens is 278 g/mol. The van der Waals surface area contributed by atoms with Crippen LogP contribution in [-0.2, 0) is 16.0 Å². The minimum absolute atomic E-state index is 0.0673. The zero-order valence-corrected chi connectivity index (χ0v) is 12.3. The van der Waals surface area contributed by atoms with Crippen molar-refractivity contribution in [2.45, 2.75) is 12.5 Å². The minimum Gasteiger partial charge on any atom is -0.375 e. The summed E-state index contributed by atoms with van der Waals surface area (Å²) >= 11 is 3.49. The van der Waals surface area contributed by atoms with Crippen molar-refractivity contribution in [3.63, 3.8) is 0 Å². The molecule has 1 amide bonds. The third kappa shape index (κ3) is 2.33. The van der Waals surface area contributed by atoms with Crippen molar-refractivity contribution >= 4 is 28.6 Å². The van der Waals surface area contributed by atoms with Gasteiger partial charge in [0.15, 0.2) is 0 Å². The van der Waals surface area contributed by atoms with Crippen molar-refractivity contribution in [1.29, 1.82) is 0 Å². The van der Waals surface area contributed by atoms with Gasteiger partial charge in [-0.2, -0.15) is 0 Å². The van der Waals surface area contributed by atoms with Crippen LogP contribution in [0.4, 0.5) is 0 Å². The molecule has 3 rings (SSSR count). The van der Waals surface area contributed by atoms with Gasteiger partial charge in [-0.05, 0) is 34.9 Å². The van der Waals surface area contributed by atoms with Crippen LogP contribution in [0.15, 0.2) is 29.0 Å². The summed E-state index contributed by atoms with van der Waals surface area (Å²) in [6.07, 6.45) is 0.949. The zero-order chi connectivity index (χ0) is 13.2.